The number of hydrogen-bond acceptors (Lipinski definition) is 1. The standard InChI is InChI=1S/C9H19N/c1-3-6-10-7-4-9(2)5-8-10/h9H,3-8H2,1-2H3. The molecule has 10 heavy (non-hydrogen) atoms. The van der Waals surface area contributed by atoms with Crippen molar-refractivity contribution in [3.05, 3.63) is 0 Å². The molecule has 0 aliphatic carbocycles. The van der Waals surface area contributed by atoms with Crippen LogP contribution in [0.15, 0.2) is 0 Å². The van der Waals surface area contributed by atoms with Crippen LogP contribution in [0.2, 0.25) is 0 Å². The lowest BCUT2D eigenvalue weighted by molar-refractivity contribution is 0.193. The summed E-state index contributed by atoms with van der Waals surface area (Å²) < 4.78 is 0. The minimum Gasteiger partial charge on any atom is -0.303 e. The summed E-state index contributed by atoms with van der Waals surface area (Å²) in [5.41, 5.74) is 0. The Morgan fingerprint density at radius 1 is 1.30 bits per heavy atom. The Morgan fingerprint density at radius 3 is 2.40 bits per heavy atom. The van der Waals surface area contributed by atoms with Gasteiger partial charge in [0.15, 0.2) is 0 Å². The van der Waals surface area contributed by atoms with Gasteiger partial charge in [-0.05, 0) is 44.8 Å². The Bertz CT molecular complexity index is 82.7. The van der Waals surface area contributed by atoms with Gasteiger partial charge in [0.05, 0.1) is 0 Å². The summed E-state index contributed by atoms with van der Waals surface area (Å²) in [5.74, 6) is 0.980. The van der Waals surface area contributed by atoms with Crippen molar-refractivity contribution in [3.8, 4) is 0 Å². The van der Waals surface area contributed by atoms with Crippen LogP contribution in [0.5, 0.6) is 0 Å². The molecule has 0 spiro atoms. The largest absolute Gasteiger partial charge is 0.303 e. The van der Waals surface area contributed by atoms with E-state index in [-0.39, 0.29) is 0 Å². The van der Waals surface area contributed by atoms with Crippen LogP contribution in [-0.4, -0.2) is 24.5 Å². The summed E-state index contributed by atoms with van der Waals surface area (Å²) in [5, 5.41) is 0. The smallest absolute Gasteiger partial charge is 0.00162 e. The molecule has 0 aromatic rings. The van der Waals surface area contributed by atoms with Crippen molar-refractivity contribution in [1.29, 1.82) is 0 Å². The van der Waals surface area contributed by atoms with Gasteiger partial charge < -0.3 is 4.90 Å². The summed E-state index contributed by atoms with van der Waals surface area (Å²) in [4.78, 5) is 2.58. The van der Waals surface area contributed by atoms with E-state index in [4.69, 9.17) is 0 Å². The molecule has 1 nitrogen and oxygen atoms in total. The minimum absolute atomic E-state index is 0.980. The molecule has 60 valence electrons. The van der Waals surface area contributed by atoms with Crippen molar-refractivity contribution in [2.75, 3.05) is 19.6 Å². The molecule has 1 heterocycles. The zero-order chi connectivity index (χ0) is 7.40. The zero-order valence-electron chi connectivity index (χ0n) is 7.27. The van der Waals surface area contributed by atoms with Crippen LogP contribution in [0, 0.1) is 5.92 Å². The molecule has 1 saturated heterocycles. The summed E-state index contributed by atoms with van der Waals surface area (Å²) in [6, 6.07) is 0. The molecule has 1 rings (SSSR count). The van der Waals surface area contributed by atoms with Gasteiger partial charge in [-0.25, -0.2) is 0 Å². The van der Waals surface area contributed by atoms with Crippen molar-refractivity contribution in [2.24, 2.45) is 5.92 Å². The third-order valence-corrected chi connectivity index (χ3v) is 2.42. The first kappa shape index (κ1) is 8.06. The number of hydrogen-bond donors (Lipinski definition) is 0. The Morgan fingerprint density at radius 2 is 1.90 bits per heavy atom. The first-order valence-corrected chi connectivity index (χ1v) is 4.55. The molecule has 1 fully saturated rings. The average Bonchev–Trinajstić information content (AvgIpc) is 1.95. The van der Waals surface area contributed by atoms with E-state index in [1.165, 1.54) is 38.9 Å². The van der Waals surface area contributed by atoms with Gasteiger partial charge in [0, 0.05) is 0 Å². The molecule has 0 N–H and O–H groups in total. The predicted octanol–water partition coefficient (Wildman–Crippen LogP) is 2.13. The lowest BCUT2D eigenvalue weighted by Crippen LogP contribution is -2.33. The minimum atomic E-state index is 0.980. The summed E-state index contributed by atoms with van der Waals surface area (Å²) in [6.07, 6.45) is 4.15. The Labute approximate surface area is 64.4 Å². The molecule has 1 heteroatoms. The molecule has 0 aromatic carbocycles. The van der Waals surface area contributed by atoms with Crippen LogP contribution < -0.4 is 0 Å². The van der Waals surface area contributed by atoms with Crippen molar-refractivity contribution < 1.29 is 0 Å². The van der Waals surface area contributed by atoms with Crippen molar-refractivity contribution >= 4 is 0 Å². The van der Waals surface area contributed by atoms with Crippen LogP contribution in [0.3, 0.4) is 0 Å². The van der Waals surface area contributed by atoms with Gasteiger partial charge in [0.2, 0.25) is 0 Å². The van der Waals surface area contributed by atoms with Gasteiger partial charge in [-0.15, -0.1) is 0 Å². The van der Waals surface area contributed by atoms with Gasteiger partial charge in [0.25, 0.3) is 0 Å². The van der Waals surface area contributed by atoms with Gasteiger partial charge in [-0.1, -0.05) is 13.8 Å². The maximum absolute atomic E-state index is 2.58. The highest BCUT2D eigenvalue weighted by Gasteiger charge is 2.13. The van der Waals surface area contributed by atoms with E-state index in [9.17, 15) is 0 Å². The molecule has 0 unspecified atom stereocenters. The van der Waals surface area contributed by atoms with Crippen LogP contribution in [0.4, 0.5) is 0 Å². The molecular formula is C9H19N. The highest BCUT2D eigenvalue weighted by Crippen LogP contribution is 2.15. The third-order valence-electron chi connectivity index (χ3n) is 2.42. The van der Waals surface area contributed by atoms with Gasteiger partial charge in [-0.2, -0.15) is 0 Å². The fraction of sp³-hybridized carbons (Fsp3) is 1.00. The molecule has 0 atom stereocenters. The monoisotopic (exact) mass is 141 g/mol. The van der Waals surface area contributed by atoms with Crippen LogP contribution in [0.1, 0.15) is 33.1 Å². The topological polar surface area (TPSA) is 3.24 Å². The van der Waals surface area contributed by atoms with E-state index >= 15 is 0 Å². The first-order valence-electron chi connectivity index (χ1n) is 4.55. The van der Waals surface area contributed by atoms with E-state index in [2.05, 4.69) is 18.7 Å². The second-order valence-corrected chi connectivity index (χ2v) is 3.52. The zero-order valence-corrected chi connectivity index (χ0v) is 7.27. The number of piperidine rings is 1. The Balaban J connectivity index is 2.13. The van der Waals surface area contributed by atoms with E-state index in [0.717, 1.165) is 5.92 Å². The summed E-state index contributed by atoms with van der Waals surface area (Å²) in [6.45, 7) is 8.62. The Hall–Kier alpha value is -0.0400. The molecule has 0 amide bonds. The summed E-state index contributed by atoms with van der Waals surface area (Å²) in [7, 11) is 0. The molecule has 0 aromatic heterocycles. The predicted molar refractivity (Wildman–Crippen MR) is 45.1 cm³/mol. The van der Waals surface area contributed by atoms with Crippen molar-refractivity contribution in [2.45, 2.75) is 33.1 Å². The highest BCUT2D eigenvalue weighted by molar-refractivity contribution is 4.68. The number of likely N-dealkylation sites (tertiary alicyclic amines) is 1. The van der Waals surface area contributed by atoms with Gasteiger partial charge in [-0.3, -0.25) is 0 Å². The maximum Gasteiger partial charge on any atom is -0.00162 e. The molecule has 0 radical (unpaired) electrons. The lowest BCUT2D eigenvalue weighted by atomic mass is 9.99. The summed E-state index contributed by atoms with van der Waals surface area (Å²) >= 11 is 0. The van der Waals surface area contributed by atoms with Gasteiger partial charge in [0.1, 0.15) is 0 Å². The average molecular weight is 141 g/mol. The Kier molecular flexibility index (Phi) is 3.20. The van der Waals surface area contributed by atoms with E-state index < -0.39 is 0 Å². The quantitative estimate of drug-likeness (QED) is 0.569. The van der Waals surface area contributed by atoms with E-state index in [1.807, 2.05) is 0 Å². The fourth-order valence-corrected chi connectivity index (χ4v) is 1.60. The number of rotatable bonds is 2. The van der Waals surface area contributed by atoms with E-state index in [0.29, 0.717) is 0 Å². The molecular weight excluding hydrogens is 122 g/mol. The van der Waals surface area contributed by atoms with E-state index in [1.54, 1.807) is 0 Å². The number of nitrogens with zero attached hydrogens (tertiary/aromatic N) is 1. The maximum atomic E-state index is 2.58. The molecule has 0 bridgehead atoms. The second-order valence-electron chi connectivity index (χ2n) is 3.52. The lowest BCUT2D eigenvalue weighted by Gasteiger charge is -2.29. The normalized spacial score (nSPS) is 23.4. The second kappa shape index (κ2) is 3.97. The SMILES string of the molecule is CCCN1CCC(C)CC1. The third kappa shape index (κ3) is 2.30. The van der Waals surface area contributed by atoms with Crippen LogP contribution in [-0.2, 0) is 0 Å². The van der Waals surface area contributed by atoms with Crippen molar-refractivity contribution in [3.63, 3.8) is 0 Å². The molecule has 1 aliphatic heterocycles. The van der Waals surface area contributed by atoms with Crippen molar-refractivity contribution in [1.82, 2.24) is 4.90 Å². The highest BCUT2D eigenvalue weighted by atomic mass is 15.1. The molecule has 0 saturated carbocycles. The van der Waals surface area contributed by atoms with Crippen LogP contribution in [0.25, 0.3) is 0 Å². The molecule has 1 aliphatic rings. The first-order chi connectivity index (χ1) is 4.83. The fourth-order valence-electron chi connectivity index (χ4n) is 1.60. The van der Waals surface area contributed by atoms with Crippen LogP contribution >= 0.6 is 0 Å². The van der Waals surface area contributed by atoms with Gasteiger partial charge >= 0.3 is 0 Å².